The summed E-state index contributed by atoms with van der Waals surface area (Å²) in [4.78, 5) is 0. The Morgan fingerprint density at radius 2 is 0.583 bits per heavy atom. The molecule has 0 saturated heterocycles. The van der Waals surface area contributed by atoms with Crippen molar-refractivity contribution in [1.29, 1.82) is 0 Å². The molecule has 0 heterocycles. The van der Waals surface area contributed by atoms with Crippen molar-refractivity contribution in [3.05, 3.63) is 0 Å². The van der Waals surface area contributed by atoms with E-state index in [9.17, 15) is 0 Å². The van der Waals surface area contributed by atoms with Gasteiger partial charge in [-0.05, 0) is 0 Å². The summed E-state index contributed by atoms with van der Waals surface area (Å²) in [5, 5.41) is 23.0. The van der Waals surface area contributed by atoms with Crippen molar-refractivity contribution in [3.8, 4) is 0 Å². The van der Waals surface area contributed by atoms with Crippen molar-refractivity contribution in [3.63, 3.8) is 0 Å². The minimum atomic E-state index is 0. The van der Waals surface area contributed by atoms with E-state index >= 15 is 0 Å². The second kappa shape index (κ2) is 256. The Morgan fingerprint density at radius 3 is 0.583 bits per heavy atom. The quantitative estimate of drug-likeness (QED) is 0.169. The van der Waals surface area contributed by atoms with Gasteiger partial charge in [-0.15, -0.1) is 5.26 Å². The van der Waals surface area contributed by atoms with Crippen molar-refractivity contribution in [2.75, 3.05) is 0 Å². The summed E-state index contributed by atoms with van der Waals surface area (Å²) in [6.07, 6.45) is 0. The molecule has 0 bridgehead atoms. The van der Waals surface area contributed by atoms with E-state index in [2.05, 4.69) is 0 Å². The van der Waals surface area contributed by atoms with Crippen molar-refractivity contribution in [1.82, 2.24) is 0 Å². The van der Waals surface area contributed by atoms with Crippen LogP contribution in [0.15, 0.2) is 0 Å². The fraction of sp³-hybridized carbons (Fsp3) is 0. The van der Waals surface area contributed by atoms with Crippen LogP contribution >= 0.6 is 0 Å². The predicted octanol–water partition coefficient (Wildman–Crippen LogP) is -3.66. The van der Waals surface area contributed by atoms with Crippen LogP contribution in [0.25, 0.3) is 0 Å². The van der Waals surface area contributed by atoms with E-state index in [0.717, 1.165) is 0 Å². The minimum absolute atomic E-state index is 0. The molecule has 0 aliphatic heterocycles. The molecule has 6 radical (unpaired) electrons. The molecule has 0 aliphatic rings. The van der Waals surface area contributed by atoms with Crippen molar-refractivity contribution >= 4 is 37.7 Å². The molecule has 0 aromatic heterocycles. The first-order valence-electron chi connectivity index (χ1n) is 0.424. The Kier molecular flexibility index (Phi) is 2490. The zero-order valence-electron chi connectivity index (χ0n) is 5.56. The summed E-state index contributed by atoms with van der Waals surface area (Å²) in [5.41, 5.74) is 0. The summed E-state index contributed by atoms with van der Waals surface area (Å²) in [7, 11) is 0. The van der Waals surface area contributed by atoms with Gasteiger partial charge in [0.25, 0.3) is 0 Å². The predicted molar refractivity (Wildman–Crippen MR) is 28.1 cm³/mol. The average Bonchev–Trinajstić information content (AvgIpc) is 1.50. The SMILES string of the molecule is O.O.O.OO.O[OH2+].[Ca].[Mn].[Mn].[Mn].[Mn]. The number of hydrogen-bond donors (Lipinski definition) is 3. The van der Waals surface area contributed by atoms with Gasteiger partial charge in [0.15, 0.2) is 0 Å². The zero-order chi connectivity index (χ0) is 4.00. The maximum atomic E-state index is 6.25. The molecule has 0 aromatic rings. The van der Waals surface area contributed by atoms with Crippen molar-refractivity contribution in [2.45, 2.75) is 0 Å². The average molecular weight is 383 g/mol. The van der Waals surface area contributed by atoms with Gasteiger partial charge in [0.05, 0.1) is 0 Å². The van der Waals surface area contributed by atoms with E-state index in [1.807, 2.05) is 0 Å². The Balaban J connectivity index is -0.000000000500. The molecular formula is H11CaMn4O7+. The van der Waals surface area contributed by atoms with E-state index in [0.29, 0.717) is 0 Å². The molecule has 7 nitrogen and oxygen atoms in total. The monoisotopic (exact) mass is 383 g/mol. The molecule has 11 N–H and O–H groups in total. The smallest absolute Gasteiger partial charge is 0 e. The zero-order valence-corrected chi connectivity index (χ0v) is 12.5. The third kappa shape index (κ3) is 203. The molecule has 0 amide bonds. The van der Waals surface area contributed by atoms with E-state index < -0.39 is 0 Å². The normalized spacial score (nSPS) is 1.00. The van der Waals surface area contributed by atoms with Crippen LogP contribution in [0.2, 0.25) is 0 Å². The van der Waals surface area contributed by atoms with E-state index in [4.69, 9.17) is 21.0 Å². The van der Waals surface area contributed by atoms with E-state index in [1.165, 1.54) is 0 Å². The van der Waals surface area contributed by atoms with Crippen LogP contribution in [-0.4, -0.2) is 75.2 Å². The maximum absolute atomic E-state index is 6.25. The standard InChI is InChI=1S/Ca.4Mn.2H2O2.3H2O/c;;;;;2*1-2;;;/h;;;;;2*1-2H;3*1H2/p+1. The largest absolute Gasteiger partial charge is 0.412 e. The van der Waals surface area contributed by atoms with Crippen LogP contribution in [-0.2, 0) is 68.3 Å². The maximum Gasteiger partial charge on any atom is 0 e. The summed E-state index contributed by atoms with van der Waals surface area (Å²) in [5.74, 6) is 0. The van der Waals surface area contributed by atoms with Crippen LogP contribution in [0.5, 0.6) is 0 Å². The van der Waals surface area contributed by atoms with Crippen LogP contribution < -0.4 is 0 Å². The van der Waals surface area contributed by atoms with E-state index in [1.54, 1.807) is 0 Å². The second-order valence-corrected chi connectivity index (χ2v) is 0. The topological polar surface area (TPSA) is 178 Å². The summed E-state index contributed by atoms with van der Waals surface area (Å²) < 4.78 is 0. The molecule has 0 fully saturated rings. The van der Waals surface area contributed by atoms with Crippen molar-refractivity contribution < 1.29 is 106 Å². The molecule has 0 unspecified atom stereocenters. The van der Waals surface area contributed by atoms with Crippen LogP contribution in [0, 0.1) is 0 Å². The van der Waals surface area contributed by atoms with Crippen LogP contribution in [0.3, 0.4) is 0 Å². The third-order valence-corrected chi connectivity index (χ3v) is 0. The van der Waals surface area contributed by atoms with Gasteiger partial charge in [-0.25, -0.2) is 0 Å². The fourth-order valence-electron chi connectivity index (χ4n) is 0. The van der Waals surface area contributed by atoms with Gasteiger partial charge in [-0.2, -0.15) is 0 Å². The van der Waals surface area contributed by atoms with Crippen LogP contribution in [0.1, 0.15) is 0 Å². The first-order chi connectivity index (χ1) is 2.00. The first kappa shape index (κ1) is 116. The van der Waals surface area contributed by atoms with Gasteiger partial charge in [0, 0.05) is 106 Å². The second-order valence-electron chi connectivity index (χ2n) is 0. The number of rotatable bonds is 0. The number of hydrogen-bond acceptors (Lipinski definition) is 3. The Morgan fingerprint density at radius 1 is 0.583 bits per heavy atom. The molecule has 0 rings (SSSR count). The Bertz CT molecular complexity index is 15.4. The van der Waals surface area contributed by atoms with E-state index in [-0.39, 0.29) is 122 Å². The van der Waals surface area contributed by atoms with Crippen LogP contribution in [0.4, 0.5) is 0 Å². The molecule has 0 aliphatic carbocycles. The molecule has 12 heteroatoms. The van der Waals surface area contributed by atoms with Gasteiger partial charge in [-0.1, -0.05) is 0 Å². The summed E-state index contributed by atoms with van der Waals surface area (Å²) in [6.45, 7) is 0. The molecule has 0 spiro atoms. The molecule has 0 atom stereocenters. The van der Waals surface area contributed by atoms with Gasteiger partial charge < -0.3 is 16.4 Å². The fourth-order valence-corrected chi connectivity index (χ4v) is 0. The molecule has 0 saturated carbocycles. The Hall–Kier alpha value is 3.06. The van der Waals surface area contributed by atoms with Gasteiger partial charge in [-0.3, -0.25) is 15.8 Å². The summed E-state index contributed by atoms with van der Waals surface area (Å²) >= 11 is 0. The summed E-state index contributed by atoms with van der Waals surface area (Å²) in [6, 6.07) is 0. The molecule has 12 heavy (non-hydrogen) atoms. The minimum Gasteiger partial charge on any atom is -0.412 e. The molecule has 82 valence electrons. The van der Waals surface area contributed by atoms with Gasteiger partial charge in [0.2, 0.25) is 0 Å². The molecular weight excluding hydrogens is 372 g/mol. The first-order valence-corrected chi connectivity index (χ1v) is 0.424. The third-order valence-electron chi connectivity index (χ3n) is 0. The van der Waals surface area contributed by atoms with Gasteiger partial charge >= 0.3 is 0 Å². The Labute approximate surface area is 141 Å². The van der Waals surface area contributed by atoms with Gasteiger partial charge in [0.1, 0.15) is 0 Å². The molecule has 0 aromatic carbocycles. The van der Waals surface area contributed by atoms with Crippen molar-refractivity contribution in [2.24, 2.45) is 0 Å².